The summed E-state index contributed by atoms with van der Waals surface area (Å²) in [7, 11) is 0. The Kier molecular flexibility index (Phi) is 3.96. The van der Waals surface area contributed by atoms with Crippen LogP contribution < -0.4 is 0 Å². The molecule has 2 unspecified atom stereocenters. The molecule has 2 atom stereocenters. The number of rotatable bonds is 1. The Labute approximate surface area is 118 Å². The highest BCUT2D eigenvalue weighted by Crippen LogP contribution is 2.48. The molecule has 0 aromatic rings. The number of carbonyl (C=O) groups is 1. The summed E-state index contributed by atoms with van der Waals surface area (Å²) in [5.41, 5.74) is -0.0967. The lowest BCUT2D eigenvalue weighted by Gasteiger charge is -2.40. The van der Waals surface area contributed by atoms with Gasteiger partial charge in [-0.3, -0.25) is 0 Å². The van der Waals surface area contributed by atoms with Crippen LogP contribution in [0.4, 0.5) is 4.79 Å². The normalized spacial score (nSPS) is 32.2. The predicted molar refractivity (Wildman–Crippen MR) is 76.0 cm³/mol. The van der Waals surface area contributed by atoms with Gasteiger partial charge in [0, 0.05) is 23.3 Å². The lowest BCUT2D eigenvalue weighted by Crippen LogP contribution is -2.47. The van der Waals surface area contributed by atoms with Gasteiger partial charge >= 0.3 is 6.09 Å². The molecule has 4 heteroatoms. The highest BCUT2D eigenvalue weighted by atomic mass is 79.9. The van der Waals surface area contributed by atoms with Gasteiger partial charge in [0.1, 0.15) is 5.60 Å². The van der Waals surface area contributed by atoms with Crippen molar-refractivity contribution in [1.82, 2.24) is 4.90 Å². The van der Waals surface area contributed by atoms with Gasteiger partial charge in [0.25, 0.3) is 0 Å². The van der Waals surface area contributed by atoms with Gasteiger partial charge in [-0.25, -0.2) is 4.79 Å². The summed E-state index contributed by atoms with van der Waals surface area (Å²) < 4.78 is 5.53. The maximum atomic E-state index is 12.3. The largest absolute Gasteiger partial charge is 0.444 e. The first-order valence-corrected chi connectivity index (χ1v) is 8.06. The second kappa shape index (κ2) is 5.03. The van der Waals surface area contributed by atoms with Crippen LogP contribution in [0.25, 0.3) is 0 Å². The zero-order chi connectivity index (χ0) is 13.4. The first-order valence-electron chi connectivity index (χ1n) is 6.94. The zero-order valence-corrected chi connectivity index (χ0v) is 13.3. The quantitative estimate of drug-likeness (QED) is 0.685. The Morgan fingerprint density at radius 3 is 2.72 bits per heavy atom. The summed E-state index contributed by atoms with van der Waals surface area (Å²) in [5, 5.41) is 1.00. The number of hydrogen-bond donors (Lipinski definition) is 0. The molecule has 0 bridgehead atoms. The molecule has 0 aromatic heterocycles. The number of carbonyl (C=O) groups excluding carboxylic acids is 1. The molecule has 1 heterocycles. The first kappa shape index (κ1) is 14.2. The number of alkyl halides is 1. The van der Waals surface area contributed by atoms with E-state index >= 15 is 0 Å². The molecule has 2 aliphatic rings. The summed E-state index contributed by atoms with van der Waals surface area (Å²) >= 11 is 3.67. The van der Waals surface area contributed by atoms with Crippen LogP contribution in [0.1, 0.15) is 52.9 Å². The standard InChI is InChI=1S/C14H24BrNO2/c1-13(2,3)18-12(17)16-9-8-14(10-15)7-5-4-6-11(14)16/h11H,4-10H2,1-3H3. The number of nitrogens with zero attached hydrogens (tertiary/aromatic N) is 1. The van der Waals surface area contributed by atoms with Gasteiger partial charge in [0.05, 0.1) is 0 Å². The molecule has 1 saturated carbocycles. The van der Waals surface area contributed by atoms with E-state index in [2.05, 4.69) is 15.9 Å². The Balaban J connectivity index is 2.09. The first-order chi connectivity index (χ1) is 8.38. The molecule has 0 radical (unpaired) electrons. The Morgan fingerprint density at radius 2 is 2.11 bits per heavy atom. The van der Waals surface area contributed by atoms with Gasteiger partial charge in [0.15, 0.2) is 0 Å². The number of likely N-dealkylation sites (tertiary alicyclic amines) is 1. The van der Waals surface area contributed by atoms with Crippen LogP contribution in [0, 0.1) is 5.41 Å². The molecule has 18 heavy (non-hydrogen) atoms. The molecule has 0 N–H and O–H groups in total. The second-order valence-electron chi connectivity index (χ2n) is 6.68. The minimum Gasteiger partial charge on any atom is -0.444 e. The fraction of sp³-hybridized carbons (Fsp3) is 0.929. The van der Waals surface area contributed by atoms with Crippen molar-refractivity contribution in [3.63, 3.8) is 0 Å². The minimum absolute atomic E-state index is 0.128. The number of amides is 1. The van der Waals surface area contributed by atoms with E-state index in [-0.39, 0.29) is 6.09 Å². The van der Waals surface area contributed by atoms with E-state index < -0.39 is 5.60 Å². The molecule has 0 spiro atoms. The van der Waals surface area contributed by atoms with Crippen LogP contribution in [-0.2, 0) is 4.74 Å². The average molecular weight is 318 g/mol. The van der Waals surface area contributed by atoms with Gasteiger partial charge in [0.2, 0.25) is 0 Å². The number of fused-ring (bicyclic) bond motifs is 1. The summed E-state index contributed by atoms with van der Waals surface area (Å²) in [6.45, 7) is 6.64. The monoisotopic (exact) mass is 317 g/mol. The van der Waals surface area contributed by atoms with E-state index in [1.165, 1.54) is 19.3 Å². The third kappa shape index (κ3) is 2.68. The molecule has 2 rings (SSSR count). The molecule has 1 saturated heterocycles. The molecular formula is C14H24BrNO2. The van der Waals surface area contributed by atoms with Crippen molar-refractivity contribution in [3.05, 3.63) is 0 Å². The molecular weight excluding hydrogens is 294 g/mol. The van der Waals surface area contributed by atoms with Crippen LogP contribution in [0.2, 0.25) is 0 Å². The van der Waals surface area contributed by atoms with Gasteiger partial charge < -0.3 is 9.64 Å². The van der Waals surface area contributed by atoms with Crippen molar-refractivity contribution in [2.45, 2.75) is 64.5 Å². The van der Waals surface area contributed by atoms with E-state index in [9.17, 15) is 4.79 Å². The van der Waals surface area contributed by atoms with Crippen LogP contribution in [-0.4, -0.2) is 34.5 Å². The van der Waals surface area contributed by atoms with Gasteiger partial charge in [-0.05, 0) is 40.0 Å². The predicted octanol–water partition coefficient (Wildman–Crippen LogP) is 3.95. The Morgan fingerprint density at radius 1 is 1.39 bits per heavy atom. The average Bonchev–Trinajstić information content (AvgIpc) is 2.66. The second-order valence-corrected chi connectivity index (χ2v) is 7.24. The molecule has 1 aliphatic heterocycles. The smallest absolute Gasteiger partial charge is 0.410 e. The SMILES string of the molecule is CC(C)(C)OC(=O)N1CCC2(CBr)CCCCC12. The molecule has 3 nitrogen and oxygen atoms in total. The molecule has 104 valence electrons. The van der Waals surface area contributed by atoms with Gasteiger partial charge in [-0.1, -0.05) is 28.8 Å². The van der Waals surface area contributed by atoms with Crippen LogP contribution in [0.15, 0.2) is 0 Å². The van der Waals surface area contributed by atoms with E-state index in [4.69, 9.17) is 4.74 Å². The molecule has 2 fully saturated rings. The summed E-state index contributed by atoms with van der Waals surface area (Å²) in [6.07, 6.45) is 5.88. The minimum atomic E-state index is -0.397. The number of hydrogen-bond acceptors (Lipinski definition) is 2. The van der Waals surface area contributed by atoms with Crippen LogP contribution in [0.5, 0.6) is 0 Å². The Bertz CT molecular complexity index is 326. The van der Waals surface area contributed by atoms with E-state index in [1.54, 1.807) is 0 Å². The fourth-order valence-corrected chi connectivity index (χ4v) is 4.26. The van der Waals surface area contributed by atoms with Crippen molar-refractivity contribution in [3.8, 4) is 0 Å². The topological polar surface area (TPSA) is 29.5 Å². The maximum Gasteiger partial charge on any atom is 0.410 e. The van der Waals surface area contributed by atoms with Crippen molar-refractivity contribution < 1.29 is 9.53 Å². The maximum absolute atomic E-state index is 12.3. The van der Waals surface area contributed by atoms with Gasteiger partial charge in [-0.2, -0.15) is 0 Å². The Hall–Kier alpha value is -0.250. The van der Waals surface area contributed by atoms with E-state index in [0.717, 1.165) is 24.7 Å². The zero-order valence-electron chi connectivity index (χ0n) is 11.7. The number of halogens is 1. The highest BCUT2D eigenvalue weighted by Gasteiger charge is 2.50. The van der Waals surface area contributed by atoms with Crippen LogP contribution >= 0.6 is 15.9 Å². The van der Waals surface area contributed by atoms with Crippen molar-refractivity contribution in [2.24, 2.45) is 5.41 Å². The van der Waals surface area contributed by atoms with Crippen molar-refractivity contribution in [2.75, 3.05) is 11.9 Å². The van der Waals surface area contributed by atoms with Gasteiger partial charge in [-0.15, -0.1) is 0 Å². The third-order valence-corrected chi connectivity index (χ3v) is 5.35. The lowest BCUT2D eigenvalue weighted by atomic mass is 9.72. The fourth-order valence-electron chi connectivity index (χ4n) is 3.33. The highest BCUT2D eigenvalue weighted by molar-refractivity contribution is 9.09. The number of ether oxygens (including phenoxy) is 1. The molecule has 1 amide bonds. The van der Waals surface area contributed by atoms with Crippen molar-refractivity contribution >= 4 is 22.0 Å². The van der Waals surface area contributed by atoms with E-state index in [1.807, 2.05) is 25.7 Å². The third-order valence-electron chi connectivity index (χ3n) is 4.23. The summed E-state index contributed by atoms with van der Waals surface area (Å²) in [4.78, 5) is 14.2. The summed E-state index contributed by atoms with van der Waals surface area (Å²) in [6, 6.07) is 0.375. The van der Waals surface area contributed by atoms with Crippen molar-refractivity contribution in [1.29, 1.82) is 0 Å². The molecule has 1 aliphatic carbocycles. The van der Waals surface area contributed by atoms with Crippen LogP contribution in [0.3, 0.4) is 0 Å². The lowest BCUT2D eigenvalue weighted by molar-refractivity contribution is 0.0126. The molecule has 0 aromatic carbocycles. The summed E-state index contributed by atoms with van der Waals surface area (Å²) in [5.74, 6) is 0. The van der Waals surface area contributed by atoms with E-state index in [0.29, 0.717) is 11.5 Å².